The van der Waals surface area contributed by atoms with Crippen LogP contribution >= 0.6 is 0 Å². The van der Waals surface area contributed by atoms with Gasteiger partial charge in [-0.15, -0.1) is 0 Å². The molecule has 0 aliphatic rings. The van der Waals surface area contributed by atoms with Crippen molar-refractivity contribution in [3.05, 3.63) is 96.1 Å². The molecule has 33 heavy (non-hydrogen) atoms. The van der Waals surface area contributed by atoms with E-state index in [0.717, 1.165) is 37.7 Å². The number of aliphatic carboxylic acids is 1. The number of rotatable bonds is 9. The minimum absolute atomic E-state index is 0.520. The van der Waals surface area contributed by atoms with E-state index < -0.39 is 12.0 Å². The molecule has 3 aromatic rings. The lowest BCUT2D eigenvalue weighted by atomic mass is 10.0. The number of carboxylic acids is 1. The molecule has 6 heteroatoms. The Balaban J connectivity index is 0.000000257. The van der Waals surface area contributed by atoms with Gasteiger partial charge in [0.15, 0.2) is 0 Å². The van der Waals surface area contributed by atoms with E-state index in [1.807, 2.05) is 60.7 Å². The molecule has 0 spiro atoms. The van der Waals surface area contributed by atoms with Gasteiger partial charge in [0.05, 0.1) is 0 Å². The summed E-state index contributed by atoms with van der Waals surface area (Å²) in [6, 6.07) is 27.2. The first kappa shape index (κ1) is 27.7. The molecule has 0 heterocycles. The molecule has 3 aromatic carbocycles. The molecule has 176 valence electrons. The van der Waals surface area contributed by atoms with E-state index in [1.165, 1.54) is 11.1 Å². The molecule has 3 rings (SSSR count). The normalized spacial score (nSPS) is 10.6. The second-order valence-corrected chi connectivity index (χ2v) is 7.36. The Hall–Kier alpha value is -3.32. The number of benzene rings is 3. The van der Waals surface area contributed by atoms with Gasteiger partial charge in [-0.25, -0.2) is 0 Å². The van der Waals surface area contributed by atoms with Crippen LogP contribution in [0, 0.1) is 0 Å². The van der Waals surface area contributed by atoms with Crippen molar-refractivity contribution in [1.82, 2.24) is 0 Å². The van der Waals surface area contributed by atoms with Crippen LogP contribution in [0.5, 0.6) is 0 Å². The molecule has 0 saturated carbocycles. The monoisotopic (exact) mass is 449 g/mol. The molecular weight excluding hydrogens is 414 g/mol. The predicted molar refractivity (Wildman–Crippen MR) is 135 cm³/mol. The van der Waals surface area contributed by atoms with E-state index >= 15 is 0 Å². The topological polar surface area (TPSA) is 132 Å². The third-order valence-electron chi connectivity index (χ3n) is 4.72. The van der Waals surface area contributed by atoms with Crippen LogP contribution in [0.2, 0.25) is 0 Å². The van der Waals surface area contributed by atoms with Gasteiger partial charge < -0.3 is 22.3 Å². The lowest BCUT2D eigenvalue weighted by Crippen LogP contribution is -2.29. The van der Waals surface area contributed by atoms with E-state index in [4.69, 9.17) is 22.3 Å². The second kappa shape index (κ2) is 17.3. The Labute approximate surface area is 196 Å². The Morgan fingerprint density at radius 3 is 1.82 bits per heavy atom. The molecule has 0 aromatic heterocycles. The van der Waals surface area contributed by atoms with E-state index in [1.54, 1.807) is 0 Å². The lowest BCUT2D eigenvalue weighted by Gasteiger charge is -2.03. The van der Waals surface area contributed by atoms with E-state index in [9.17, 15) is 9.59 Å². The number of carbonyl (C=O) groups is 2. The van der Waals surface area contributed by atoms with Gasteiger partial charge in [0.25, 0.3) is 0 Å². The number of aldehydes is 1. The molecule has 0 aliphatic heterocycles. The smallest absolute Gasteiger partial charge is 0.320 e. The van der Waals surface area contributed by atoms with Crippen molar-refractivity contribution in [1.29, 1.82) is 0 Å². The van der Waals surface area contributed by atoms with E-state index in [2.05, 4.69) is 24.3 Å². The highest BCUT2D eigenvalue weighted by molar-refractivity contribution is 5.76. The molecule has 0 amide bonds. The fourth-order valence-corrected chi connectivity index (χ4v) is 2.83. The first-order chi connectivity index (χ1) is 16.0. The average molecular weight is 450 g/mol. The number of nitrogens with two attached hydrogens (primary N) is 3. The quantitative estimate of drug-likeness (QED) is 0.289. The Kier molecular flexibility index (Phi) is 14.5. The largest absolute Gasteiger partial charge is 0.480 e. The van der Waals surface area contributed by atoms with Crippen LogP contribution in [-0.2, 0) is 11.2 Å². The van der Waals surface area contributed by atoms with Gasteiger partial charge in [-0.1, -0.05) is 91.3 Å². The number of carbonyl (C=O) groups excluding carboxylic acids is 1. The number of hydrogen-bond donors (Lipinski definition) is 4. The third kappa shape index (κ3) is 12.3. The van der Waals surface area contributed by atoms with Crippen LogP contribution in [0.1, 0.15) is 35.2 Å². The zero-order chi connectivity index (χ0) is 24.3. The summed E-state index contributed by atoms with van der Waals surface area (Å²) in [7, 11) is 0. The first-order valence-electron chi connectivity index (χ1n) is 11.0. The number of unbranched alkanes of at least 4 members (excludes halogenated alkanes) is 1. The minimum atomic E-state index is -0.933. The summed E-state index contributed by atoms with van der Waals surface area (Å²) in [6.07, 6.45) is 4.01. The predicted octanol–water partition coefficient (Wildman–Crippen LogP) is 3.88. The van der Waals surface area contributed by atoms with Gasteiger partial charge in [0.1, 0.15) is 12.3 Å². The van der Waals surface area contributed by atoms with Gasteiger partial charge in [-0.05, 0) is 49.0 Å². The summed E-state index contributed by atoms with van der Waals surface area (Å²) in [4.78, 5) is 20.6. The third-order valence-corrected chi connectivity index (χ3v) is 4.72. The van der Waals surface area contributed by atoms with E-state index in [0.29, 0.717) is 18.5 Å². The fraction of sp³-hybridized carbons (Fsp3) is 0.259. The van der Waals surface area contributed by atoms with Gasteiger partial charge in [-0.3, -0.25) is 9.59 Å². The number of carboxylic acid groups (broad SMARTS) is 1. The average Bonchev–Trinajstić information content (AvgIpc) is 2.86. The van der Waals surface area contributed by atoms with Crippen LogP contribution in [0.4, 0.5) is 0 Å². The summed E-state index contributed by atoms with van der Waals surface area (Å²) in [5.41, 5.74) is 20.1. The van der Waals surface area contributed by atoms with Crippen LogP contribution in [0.15, 0.2) is 84.9 Å². The maximum absolute atomic E-state index is 10.5. The van der Waals surface area contributed by atoms with Crippen LogP contribution in [0.3, 0.4) is 0 Å². The molecule has 7 N–H and O–H groups in total. The minimum Gasteiger partial charge on any atom is -0.480 e. The van der Waals surface area contributed by atoms with Gasteiger partial charge in [0, 0.05) is 5.56 Å². The van der Waals surface area contributed by atoms with Crippen molar-refractivity contribution in [3.8, 4) is 11.1 Å². The zero-order valence-electron chi connectivity index (χ0n) is 19.0. The molecule has 6 nitrogen and oxygen atoms in total. The van der Waals surface area contributed by atoms with Gasteiger partial charge >= 0.3 is 5.97 Å². The Bertz CT molecular complexity index is 901. The van der Waals surface area contributed by atoms with Crippen molar-refractivity contribution in [2.45, 2.75) is 31.7 Å². The SMILES string of the molecule is NCCCC[C@@H](N)C(=O)O.NCCc1ccccc1.O=Cc1ccc(-c2ccccc2)cc1. The molecule has 0 fully saturated rings. The van der Waals surface area contributed by atoms with Crippen molar-refractivity contribution in [2.24, 2.45) is 17.2 Å². The summed E-state index contributed by atoms with van der Waals surface area (Å²) in [5.74, 6) is -0.933. The zero-order valence-corrected chi connectivity index (χ0v) is 19.0. The summed E-state index contributed by atoms with van der Waals surface area (Å²) >= 11 is 0. The first-order valence-corrected chi connectivity index (χ1v) is 11.0. The molecule has 0 unspecified atom stereocenters. The van der Waals surface area contributed by atoms with Crippen molar-refractivity contribution < 1.29 is 14.7 Å². The van der Waals surface area contributed by atoms with Crippen LogP contribution in [0.25, 0.3) is 11.1 Å². The highest BCUT2D eigenvalue weighted by atomic mass is 16.4. The van der Waals surface area contributed by atoms with Gasteiger partial charge in [-0.2, -0.15) is 0 Å². The summed E-state index contributed by atoms with van der Waals surface area (Å²) in [6.45, 7) is 1.34. The van der Waals surface area contributed by atoms with Crippen molar-refractivity contribution in [2.75, 3.05) is 13.1 Å². The second-order valence-electron chi connectivity index (χ2n) is 7.36. The molecule has 0 bridgehead atoms. The molecule has 0 aliphatic carbocycles. The molecule has 0 radical (unpaired) electrons. The molecular formula is C27H35N3O3. The van der Waals surface area contributed by atoms with E-state index in [-0.39, 0.29) is 0 Å². The summed E-state index contributed by atoms with van der Waals surface area (Å²) in [5, 5.41) is 8.33. The molecule has 1 atom stereocenters. The maximum atomic E-state index is 10.5. The molecule has 0 saturated heterocycles. The van der Waals surface area contributed by atoms with Gasteiger partial charge in [0.2, 0.25) is 0 Å². The Morgan fingerprint density at radius 1 is 0.788 bits per heavy atom. The standard InChI is InChI=1S/C13H10O.C8H11N.C6H14N2O2/c14-10-11-6-8-13(9-7-11)12-4-2-1-3-5-12;9-7-6-8-4-2-1-3-5-8;7-4-2-1-3-5(8)6(9)10/h1-10H;1-5H,6-7,9H2;5H,1-4,7-8H2,(H,9,10)/t;;5-/m..1/s1. The number of hydrogen-bond acceptors (Lipinski definition) is 5. The Morgan fingerprint density at radius 2 is 1.33 bits per heavy atom. The fourth-order valence-electron chi connectivity index (χ4n) is 2.83. The highest BCUT2D eigenvalue weighted by Crippen LogP contribution is 2.18. The summed E-state index contributed by atoms with van der Waals surface area (Å²) < 4.78 is 0. The highest BCUT2D eigenvalue weighted by Gasteiger charge is 2.09. The van der Waals surface area contributed by atoms with Crippen molar-refractivity contribution in [3.63, 3.8) is 0 Å². The van der Waals surface area contributed by atoms with Crippen LogP contribution in [-0.4, -0.2) is 36.5 Å². The van der Waals surface area contributed by atoms with Crippen molar-refractivity contribution >= 4 is 12.3 Å². The maximum Gasteiger partial charge on any atom is 0.320 e. The lowest BCUT2D eigenvalue weighted by molar-refractivity contribution is -0.138. The van der Waals surface area contributed by atoms with Crippen LogP contribution < -0.4 is 17.2 Å².